The van der Waals surface area contributed by atoms with Gasteiger partial charge in [0.05, 0.1) is 27.6 Å². The van der Waals surface area contributed by atoms with E-state index in [0.717, 1.165) is 41.9 Å². The van der Waals surface area contributed by atoms with Crippen LogP contribution in [0.1, 0.15) is 30.0 Å². The molecule has 5 rings (SSSR count). The lowest BCUT2D eigenvalue weighted by molar-refractivity contribution is -0.137. The van der Waals surface area contributed by atoms with Crippen LogP contribution in [-0.4, -0.2) is 53.6 Å². The summed E-state index contributed by atoms with van der Waals surface area (Å²) in [7, 11) is 0. The average Bonchev–Trinajstić information content (AvgIpc) is 3.54. The van der Waals surface area contributed by atoms with Crippen molar-refractivity contribution in [3.8, 4) is 23.2 Å². The first-order valence-corrected chi connectivity index (χ1v) is 14.4. The summed E-state index contributed by atoms with van der Waals surface area (Å²) in [6.45, 7) is 3.79. The Morgan fingerprint density at radius 3 is 2.67 bits per heavy atom. The van der Waals surface area contributed by atoms with Crippen LogP contribution in [0.25, 0.3) is 22.3 Å². The van der Waals surface area contributed by atoms with Gasteiger partial charge in [-0.15, -0.1) is 0 Å². The summed E-state index contributed by atoms with van der Waals surface area (Å²) in [6, 6.07) is 6.74. The molecule has 9 nitrogen and oxygen atoms in total. The van der Waals surface area contributed by atoms with Crippen molar-refractivity contribution < 1.29 is 17.9 Å². The zero-order chi connectivity index (χ0) is 27.8. The first-order chi connectivity index (χ1) is 18.6. The van der Waals surface area contributed by atoms with Crippen LogP contribution in [0, 0.1) is 11.3 Å². The highest BCUT2D eigenvalue weighted by Gasteiger charge is 2.32. The third-order valence-electron chi connectivity index (χ3n) is 6.33. The van der Waals surface area contributed by atoms with Gasteiger partial charge in [0.25, 0.3) is 0 Å². The predicted molar refractivity (Wildman–Crippen MR) is 156 cm³/mol. The molecular weight excluding hydrogens is 739 g/mol. The molecule has 1 fully saturated rings. The summed E-state index contributed by atoms with van der Waals surface area (Å²) in [4.78, 5) is 22.3. The number of rotatable bonds is 7. The number of hydrogen-bond acceptors (Lipinski definition) is 8. The van der Waals surface area contributed by atoms with Crippen LogP contribution in [0.15, 0.2) is 43.0 Å². The number of likely N-dealkylation sites (tertiary alicyclic amines) is 1. The topological polar surface area (TPSA) is 116 Å². The van der Waals surface area contributed by atoms with Crippen molar-refractivity contribution in [1.82, 2.24) is 29.8 Å². The first kappa shape index (κ1) is 27.8. The van der Waals surface area contributed by atoms with Crippen LogP contribution < -0.4 is 10.1 Å². The number of aromatic amines is 1. The molecule has 2 atom stereocenters. The van der Waals surface area contributed by atoms with E-state index in [4.69, 9.17) is 4.74 Å². The van der Waals surface area contributed by atoms with Gasteiger partial charge in [0.15, 0.2) is 0 Å². The maximum absolute atomic E-state index is 13.3. The van der Waals surface area contributed by atoms with Crippen LogP contribution in [0.2, 0.25) is 0 Å². The molecule has 2 N–H and O–H groups in total. The zero-order valence-electron chi connectivity index (χ0n) is 20.4. The number of H-pyrrole nitrogens is 1. The van der Waals surface area contributed by atoms with E-state index in [2.05, 4.69) is 80.3 Å². The molecule has 0 spiro atoms. The van der Waals surface area contributed by atoms with Gasteiger partial charge in [0.1, 0.15) is 21.4 Å². The van der Waals surface area contributed by atoms with E-state index in [1.807, 2.05) is 25.1 Å². The van der Waals surface area contributed by atoms with Crippen molar-refractivity contribution in [3.63, 3.8) is 0 Å². The number of nitrogens with zero attached hydrogens (tertiary/aromatic N) is 6. The molecule has 1 aliphatic heterocycles. The summed E-state index contributed by atoms with van der Waals surface area (Å²) in [5.74, 6) is 0.745. The Morgan fingerprint density at radius 1 is 1.21 bits per heavy atom. The molecule has 39 heavy (non-hydrogen) atoms. The number of fused-ring (bicyclic) bond motifs is 1. The number of hydrogen-bond donors (Lipinski definition) is 2. The normalized spacial score (nSPS) is 17.6. The molecule has 4 aromatic rings. The number of alkyl halides is 5. The lowest BCUT2D eigenvalue weighted by Gasteiger charge is -2.25. The van der Waals surface area contributed by atoms with Gasteiger partial charge in [-0.05, 0) is 48.1 Å². The molecule has 0 radical (unpaired) electrons. The minimum absolute atomic E-state index is 0.111. The number of halogens is 5. The fourth-order valence-corrected chi connectivity index (χ4v) is 5.45. The van der Waals surface area contributed by atoms with Crippen molar-refractivity contribution in [2.75, 3.05) is 23.0 Å². The van der Waals surface area contributed by atoms with Gasteiger partial charge in [-0.25, -0.2) is 19.9 Å². The highest BCUT2D eigenvalue weighted by Crippen LogP contribution is 2.36. The average molecular weight is 760 g/mol. The van der Waals surface area contributed by atoms with Gasteiger partial charge >= 0.3 is 6.18 Å². The van der Waals surface area contributed by atoms with Crippen LogP contribution in [-0.2, 0) is 9.72 Å². The monoisotopic (exact) mass is 760 g/mol. The van der Waals surface area contributed by atoms with E-state index in [-0.39, 0.29) is 34.3 Å². The molecule has 1 aliphatic rings. The molecule has 0 aliphatic carbocycles. The fraction of sp³-hybridized carbons (Fsp3) is 0.320. The molecular formula is C25H21F3I2N8O. The highest BCUT2D eigenvalue weighted by molar-refractivity contribution is 14.1. The Balaban J connectivity index is 1.39. The van der Waals surface area contributed by atoms with Crippen molar-refractivity contribution >= 4 is 62.2 Å². The Hall–Kier alpha value is -2.78. The summed E-state index contributed by atoms with van der Waals surface area (Å²) in [5, 5.41) is 13.1. The molecule has 202 valence electrons. The maximum Gasteiger partial charge on any atom is 0.417 e. The second-order valence-electron chi connectivity index (χ2n) is 9.13. The Morgan fingerprint density at radius 2 is 2.00 bits per heavy atom. The smallest absolute Gasteiger partial charge is 0.417 e. The second-order valence-corrected chi connectivity index (χ2v) is 12.0. The van der Waals surface area contributed by atoms with Gasteiger partial charge in [-0.2, -0.15) is 18.4 Å². The largest absolute Gasteiger partial charge is 0.473 e. The number of ether oxygens (including phenoxy) is 1. The second kappa shape index (κ2) is 11.0. The van der Waals surface area contributed by atoms with Gasteiger partial charge < -0.3 is 15.0 Å². The van der Waals surface area contributed by atoms with E-state index >= 15 is 0 Å². The number of nitriles is 1. The van der Waals surface area contributed by atoms with Crippen molar-refractivity contribution in [1.29, 1.82) is 5.26 Å². The number of aromatic nitrogens is 5. The van der Waals surface area contributed by atoms with Crippen molar-refractivity contribution in [3.05, 3.63) is 59.7 Å². The molecule has 1 saturated heterocycles. The van der Waals surface area contributed by atoms with Gasteiger partial charge in [-0.3, -0.25) is 4.90 Å². The quantitative estimate of drug-likeness (QED) is 0.137. The third kappa shape index (κ3) is 6.04. The van der Waals surface area contributed by atoms with Gasteiger partial charge in [-0.1, -0.05) is 22.6 Å². The lowest BCUT2D eigenvalue weighted by Crippen LogP contribution is -2.26. The summed E-state index contributed by atoms with van der Waals surface area (Å²) in [5.41, 5.74) is 0.811. The van der Waals surface area contributed by atoms with Crippen LogP contribution >= 0.6 is 45.2 Å². The highest BCUT2D eigenvalue weighted by atomic mass is 127. The van der Waals surface area contributed by atoms with Crippen molar-refractivity contribution in [2.24, 2.45) is 0 Å². The Bertz CT molecular complexity index is 1540. The standard InChI is InChI=1S/C25H21F3I2N8O/c1-24(30,15-2-3-20(32-9-15)39-17-4-5-38(12-17)13-29)37-23-35-8-14(7-31)21(36-23)19-11-34-22-18(19)6-16(10-33-22)25(26,27)28/h2-3,6,8-11,17H,4-5,12-13H2,1H3,(H,33,34)(H,35,36,37). The van der Waals surface area contributed by atoms with E-state index < -0.39 is 15.3 Å². The Labute approximate surface area is 248 Å². The van der Waals surface area contributed by atoms with Crippen molar-refractivity contribution in [2.45, 2.75) is 29.2 Å². The summed E-state index contributed by atoms with van der Waals surface area (Å²) < 4.78 is 46.2. The molecule has 5 heterocycles. The summed E-state index contributed by atoms with van der Waals surface area (Å²) >= 11 is 4.54. The molecule has 0 saturated carbocycles. The number of nitrogens with one attached hydrogen (secondary N) is 2. The van der Waals surface area contributed by atoms with E-state index in [1.54, 1.807) is 6.20 Å². The van der Waals surface area contributed by atoms with Gasteiger partial charge in [0.2, 0.25) is 11.8 Å². The molecule has 2 unspecified atom stereocenters. The minimum atomic E-state index is -4.56. The maximum atomic E-state index is 13.3. The van der Waals surface area contributed by atoms with E-state index in [1.165, 1.54) is 12.4 Å². The molecule has 0 amide bonds. The van der Waals surface area contributed by atoms with Crippen LogP contribution in [0.3, 0.4) is 0 Å². The molecule has 0 aromatic carbocycles. The van der Waals surface area contributed by atoms with E-state index in [0.29, 0.717) is 11.4 Å². The van der Waals surface area contributed by atoms with Gasteiger partial charge in [0, 0.05) is 54.3 Å². The first-order valence-electron chi connectivity index (χ1n) is 11.8. The number of pyridine rings is 2. The summed E-state index contributed by atoms with van der Waals surface area (Å²) in [6.07, 6.45) is 1.82. The van der Waals surface area contributed by atoms with E-state index in [9.17, 15) is 18.4 Å². The third-order valence-corrected chi connectivity index (χ3v) is 8.19. The number of anilines is 1. The lowest BCUT2D eigenvalue weighted by atomic mass is 10.1. The predicted octanol–water partition coefficient (Wildman–Crippen LogP) is 5.87. The fourth-order valence-electron chi connectivity index (χ4n) is 4.27. The minimum Gasteiger partial charge on any atom is -0.473 e. The molecule has 4 aromatic heterocycles. The SMILES string of the molecule is CC(I)(Nc1ncc(C#N)c(-c2c[nH]c3ncc(C(F)(F)F)cc23)n1)c1ccc(OC2CCN(CI)C2)nc1. The van der Waals surface area contributed by atoms with Crippen LogP contribution in [0.5, 0.6) is 5.88 Å². The zero-order valence-corrected chi connectivity index (χ0v) is 24.7. The van der Waals surface area contributed by atoms with Crippen LogP contribution in [0.4, 0.5) is 19.1 Å². The molecule has 0 bridgehead atoms. The Kier molecular flexibility index (Phi) is 7.84. The molecule has 14 heteroatoms.